The fraction of sp³-hybridized carbons (Fsp3) is 0. The van der Waals surface area contributed by atoms with Crippen LogP contribution in [0.3, 0.4) is 0 Å². The average Bonchev–Trinajstić information content (AvgIpc) is 3.94. The van der Waals surface area contributed by atoms with Gasteiger partial charge in [0.2, 0.25) is 0 Å². The minimum absolute atomic E-state index is 0.731. The number of fused-ring (bicyclic) bond motifs is 9. The zero-order valence-corrected chi connectivity index (χ0v) is 31.5. The van der Waals surface area contributed by atoms with Gasteiger partial charge < -0.3 is 9.13 Å². The summed E-state index contributed by atoms with van der Waals surface area (Å²) in [6.45, 7) is 0. The molecule has 57 heavy (non-hydrogen) atoms. The van der Waals surface area contributed by atoms with E-state index >= 15 is 0 Å². The number of thiophene rings is 1. The molecule has 0 saturated carbocycles. The number of aromatic nitrogens is 4. The van der Waals surface area contributed by atoms with Crippen LogP contribution in [0.15, 0.2) is 194 Å². The molecule has 0 bridgehead atoms. The Bertz CT molecular complexity index is 3280. The third-order valence-corrected chi connectivity index (χ3v) is 12.5. The van der Waals surface area contributed by atoms with E-state index in [2.05, 4.69) is 185 Å². The molecule has 4 aromatic heterocycles. The average molecular weight is 745 g/mol. The highest BCUT2D eigenvalue weighted by atomic mass is 32.1. The highest BCUT2D eigenvalue weighted by Crippen LogP contribution is 2.42. The smallest absolute Gasteiger partial charge is 0.160 e. The lowest BCUT2D eigenvalue weighted by molar-refractivity contribution is 1.13. The fourth-order valence-electron chi connectivity index (χ4n) is 8.75. The van der Waals surface area contributed by atoms with E-state index in [0.717, 1.165) is 60.7 Å². The standard InChI is InChI=1S/C52H32N4S/c1-3-15-33(16-4-1)49-51-50(54-52(53-49)34-17-5-2-6-18-34)43-31-35(27-28-48(43)57-51)36-29-37(55-44-23-11-7-19-39(44)40-20-8-12-24-45(40)55)32-38(30-36)56-46-25-13-9-21-41(46)42-22-10-14-26-47(42)56/h1-32H. The predicted molar refractivity (Wildman–Crippen MR) is 240 cm³/mol. The van der Waals surface area contributed by atoms with E-state index in [0.29, 0.717) is 0 Å². The molecule has 0 unspecified atom stereocenters. The first-order valence-corrected chi connectivity index (χ1v) is 20.1. The highest BCUT2D eigenvalue weighted by molar-refractivity contribution is 7.26. The quantitative estimate of drug-likeness (QED) is 0.176. The van der Waals surface area contributed by atoms with Crippen LogP contribution in [0, 0.1) is 0 Å². The summed E-state index contributed by atoms with van der Waals surface area (Å²) in [5.74, 6) is 0.731. The Morgan fingerprint density at radius 1 is 0.351 bits per heavy atom. The molecule has 12 rings (SSSR count). The maximum atomic E-state index is 5.30. The third-order valence-electron chi connectivity index (χ3n) is 11.3. The molecule has 0 spiro atoms. The van der Waals surface area contributed by atoms with Gasteiger partial charge in [0, 0.05) is 54.1 Å². The van der Waals surface area contributed by atoms with E-state index in [1.807, 2.05) is 18.2 Å². The molecule has 12 aromatic rings. The Kier molecular flexibility index (Phi) is 7.06. The molecule has 0 atom stereocenters. The van der Waals surface area contributed by atoms with Crippen molar-refractivity contribution in [3.63, 3.8) is 0 Å². The molecule has 5 heteroatoms. The maximum Gasteiger partial charge on any atom is 0.160 e. The summed E-state index contributed by atoms with van der Waals surface area (Å²) < 4.78 is 7.13. The second-order valence-corrected chi connectivity index (χ2v) is 15.6. The number of benzene rings is 8. The largest absolute Gasteiger partial charge is 0.309 e. The first-order chi connectivity index (χ1) is 28.3. The van der Waals surface area contributed by atoms with E-state index in [9.17, 15) is 0 Å². The van der Waals surface area contributed by atoms with Gasteiger partial charge in [0.15, 0.2) is 5.82 Å². The number of nitrogens with zero attached hydrogens (tertiary/aromatic N) is 4. The van der Waals surface area contributed by atoms with E-state index < -0.39 is 0 Å². The van der Waals surface area contributed by atoms with Crippen LogP contribution in [0.1, 0.15) is 0 Å². The molecule has 0 amide bonds. The molecule has 0 radical (unpaired) electrons. The number of para-hydroxylation sites is 4. The van der Waals surface area contributed by atoms with Crippen LogP contribution in [0.2, 0.25) is 0 Å². The monoisotopic (exact) mass is 744 g/mol. The molecule has 0 aliphatic heterocycles. The third kappa shape index (κ3) is 4.99. The van der Waals surface area contributed by atoms with Crippen molar-refractivity contribution in [1.29, 1.82) is 0 Å². The van der Waals surface area contributed by atoms with Gasteiger partial charge in [-0.3, -0.25) is 0 Å². The summed E-state index contributed by atoms with van der Waals surface area (Å²) in [6.07, 6.45) is 0. The first kappa shape index (κ1) is 32.0. The van der Waals surface area contributed by atoms with Crippen LogP contribution in [0.4, 0.5) is 0 Å². The Labute approximate surface area is 332 Å². The minimum atomic E-state index is 0.731. The highest BCUT2D eigenvalue weighted by Gasteiger charge is 2.20. The molecular formula is C52H32N4S. The predicted octanol–water partition coefficient (Wildman–Crippen LogP) is 14.0. The lowest BCUT2D eigenvalue weighted by Crippen LogP contribution is -2.00. The summed E-state index contributed by atoms with van der Waals surface area (Å²) >= 11 is 1.77. The Morgan fingerprint density at radius 2 is 0.825 bits per heavy atom. The molecule has 0 aliphatic carbocycles. The van der Waals surface area contributed by atoms with Gasteiger partial charge in [-0.05, 0) is 65.7 Å². The van der Waals surface area contributed by atoms with Crippen LogP contribution in [0.5, 0.6) is 0 Å². The summed E-state index contributed by atoms with van der Waals surface area (Å²) in [4.78, 5) is 10.5. The minimum Gasteiger partial charge on any atom is -0.309 e. The molecular weight excluding hydrogens is 713 g/mol. The van der Waals surface area contributed by atoms with E-state index in [4.69, 9.17) is 9.97 Å². The van der Waals surface area contributed by atoms with Gasteiger partial charge >= 0.3 is 0 Å². The molecule has 0 aliphatic rings. The lowest BCUT2D eigenvalue weighted by atomic mass is 10.0. The fourth-order valence-corrected chi connectivity index (χ4v) is 9.89. The zero-order chi connectivity index (χ0) is 37.5. The van der Waals surface area contributed by atoms with Crippen molar-refractivity contribution in [2.45, 2.75) is 0 Å². The van der Waals surface area contributed by atoms with Gasteiger partial charge in [0.1, 0.15) is 0 Å². The van der Waals surface area contributed by atoms with Gasteiger partial charge in [-0.25, -0.2) is 9.97 Å². The topological polar surface area (TPSA) is 35.6 Å². The molecule has 8 aromatic carbocycles. The Morgan fingerprint density at radius 3 is 1.35 bits per heavy atom. The first-order valence-electron chi connectivity index (χ1n) is 19.2. The number of rotatable bonds is 5. The van der Waals surface area contributed by atoms with Gasteiger partial charge in [-0.15, -0.1) is 11.3 Å². The molecule has 0 fully saturated rings. The molecule has 0 N–H and O–H groups in total. The van der Waals surface area contributed by atoms with Crippen molar-refractivity contribution >= 4 is 75.3 Å². The summed E-state index contributed by atoms with van der Waals surface area (Å²) in [5, 5.41) is 6.10. The van der Waals surface area contributed by atoms with Crippen molar-refractivity contribution in [2.24, 2.45) is 0 Å². The zero-order valence-electron chi connectivity index (χ0n) is 30.7. The van der Waals surface area contributed by atoms with Crippen molar-refractivity contribution in [1.82, 2.24) is 19.1 Å². The summed E-state index contributed by atoms with van der Waals surface area (Å²) in [5.41, 5.74) is 13.2. The Balaban J connectivity index is 1.15. The van der Waals surface area contributed by atoms with Crippen molar-refractivity contribution in [3.05, 3.63) is 194 Å². The second-order valence-electron chi connectivity index (χ2n) is 14.6. The van der Waals surface area contributed by atoms with Gasteiger partial charge in [0.05, 0.1) is 38.0 Å². The van der Waals surface area contributed by atoms with E-state index in [1.165, 1.54) is 48.3 Å². The van der Waals surface area contributed by atoms with Crippen LogP contribution in [-0.4, -0.2) is 19.1 Å². The second kappa shape index (κ2) is 12.6. The number of hydrogen-bond donors (Lipinski definition) is 0. The lowest BCUT2D eigenvalue weighted by Gasteiger charge is -2.16. The van der Waals surface area contributed by atoms with E-state index in [1.54, 1.807) is 11.3 Å². The van der Waals surface area contributed by atoms with Crippen LogP contribution in [-0.2, 0) is 0 Å². The Hall–Kier alpha value is -7.34. The SMILES string of the molecule is c1ccc(-c2nc(-c3ccccc3)c3sc4ccc(-c5cc(-n6c7ccccc7c7ccccc76)cc(-n6c7ccccc7c7ccccc76)c5)cc4c3n2)cc1. The summed E-state index contributed by atoms with van der Waals surface area (Å²) in [7, 11) is 0. The van der Waals surface area contributed by atoms with Gasteiger partial charge in [0.25, 0.3) is 0 Å². The van der Waals surface area contributed by atoms with Crippen LogP contribution < -0.4 is 0 Å². The number of hydrogen-bond acceptors (Lipinski definition) is 3. The maximum absolute atomic E-state index is 5.30. The normalized spacial score (nSPS) is 11.9. The van der Waals surface area contributed by atoms with E-state index in [-0.39, 0.29) is 0 Å². The summed E-state index contributed by atoms with van der Waals surface area (Å²) in [6, 6.07) is 69.7. The molecule has 0 saturated heterocycles. The van der Waals surface area contributed by atoms with Crippen LogP contribution in [0.25, 0.3) is 109 Å². The molecule has 266 valence electrons. The van der Waals surface area contributed by atoms with Crippen molar-refractivity contribution < 1.29 is 0 Å². The van der Waals surface area contributed by atoms with Gasteiger partial charge in [-0.1, -0.05) is 140 Å². The molecule has 4 nitrogen and oxygen atoms in total. The van der Waals surface area contributed by atoms with Gasteiger partial charge in [-0.2, -0.15) is 0 Å². The molecule has 4 heterocycles. The van der Waals surface area contributed by atoms with Crippen LogP contribution >= 0.6 is 11.3 Å². The van der Waals surface area contributed by atoms with Crippen molar-refractivity contribution in [2.75, 3.05) is 0 Å². The van der Waals surface area contributed by atoms with Crippen molar-refractivity contribution in [3.8, 4) is 45.1 Å².